The van der Waals surface area contributed by atoms with Gasteiger partial charge in [0.05, 0.1) is 33.6 Å². The molecule has 1 radical (unpaired) electrons. The number of H-pyrrole nitrogens is 1. The monoisotopic (exact) mass is 677 g/mol. The summed E-state index contributed by atoms with van der Waals surface area (Å²) < 4.78 is 24.3. The van der Waals surface area contributed by atoms with Crippen molar-refractivity contribution in [2.45, 2.75) is 44.3 Å². The number of amides is 1. The van der Waals surface area contributed by atoms with Crippen molar-refractivity contribution < 1.29 is 28.8 Å². The van der Waals surface area contributed by atoms with Gasteiger partial charge in [0.1, 0.15) is 35.1 Å². The summed E-state index contributed by atoms with van der Waals surface area (Å²) in [5.41, 5.74) is 0.985. The molecule has 1 fully saturated rings. The standard InChI is InChI=1S/C36H38BN6O7/c1-22(2)33(45)40-35-39-32-31(34(46)41-35)43(37-20-38)21-42(32)30-18-28(44)29(50-30)19-49-36(23-8-6-5-7-9-23,24-10-14-26(47-3)15-11-24)25-12-16-27(48-4)17-13-25/h5-17,22,28-30,44H,18-19,21H2,1-4H3,(H2,39,40,41,45,46)/t28-,29+,30+/m0/s1. The van der Waals surface area contributed by atoms with Crippen LogP contribution in [-0.4, -0.2) is 74.3 Å². The molecule has 1 amide bonds. The molecule has 50 heavy (non-hydrogen) atoms. The first-order chi connectivity index (χ1) is 24.2. The van der Waals surface area contributed by atoms with Crippen LogP contribution in [0.15, 0.2) is 83.7 Å². The van der Waals surface area contributed by atoms with Crippen LogP contribution in [0.1, 0.15) is 37.0 Å². The Balaban J connectivity index is 1.33. The van der Waals surface area contributed by atoms with E-state index in [0.29, 0.717) is 11.5 Å². The summed E-state index contributed by atoms with van der Waals surface area (Å²) in [6.45, 7) is 3.50. The van der Waals surface area contributed by atoms with Crippen molar-refractivity contribution in [3.8, 4) is 17.5 Å². The third kappa shape index (κ3) is 6.63. The topological polar surface area (TPSA) is 162 Å². The Kier molecular flexibility index (Phi) is 10.1. The number of carbonyl (C=O) groups excluding carboxylic acids is 1. The number of aliphatic hydroxyl groups excluding tert-OH is 1. The first kappa shape index (κ1) is 34.5. The maximum Gasteiger partial charge on any atom is 0.388 e. The van der Waals surface area contributed by atoms with Gasteiger partial charge in [0, 0.05) is 18.3 Å². The minimum Gasteiger partial charge on any atom is -0.497 e. The number of hydrogen-bond acceptors (Lipinski definition) is 11. The normalized spacial score (nSPS) is 18.5. The van der Waals surface area contributed by atoms with E-state index in [1.165, 1.54) is 12.2 Å². The van der Waals surface area contributed by atoms with Crippen LogP contribution in [0.2, 0.25) is 0 Å². The maximum atomic E-state index is 13.2. The number of nitrogens with one attached hydrogen (secondary N) is 2. The molecule has 2 aliphatic rings. The van der Waals surface area contributed by atoms with Crippen LogP contribution < -0.4 is 30.1 Å². The van der Waals surface area contributed by atoms with Gasteiger partial charge in [-0.2, -0.15) is 4.98 Å². The van der Waals surface area contributed by atoms with Gasteiger partial charge in [-0.3, -0.25) is 19.9 Å². The molecule has 3 N–H and O–H groups in total. The second-order valence-electron chi connectivity index (χ2n) is 12.3. The third-order valence-electron chi connectivity index (χ3n) is 8.91. The van der Waals surface area contributed by atoms with Crippen LogP contribution in [0.4, 0.5) is 17.5 Å². The molecule has 2 aliphatic heterocycles. The molecule has 6 rings (SSSR count). The smallest absolute Gasteiger partial charge is 0.388 e. The predicted molar refractivity (Wildman–Crippen MR) is 187 cm³/mol. The van der Waals surface area contributed by atoms with Crippen molar-refractivity contribution in [1.82, 2.24) is 9.97 Å². The van der Waals surface area contributed by atoms with Crippen LogP contribution in [0, 0.1) is 17.1 Å². The molecule has 4 aromatic rings. The Morgan fingerprint density at radius 3 is 2.22 bits per heavy atom. The molecular weight excluding hydrogens is 639 g/mol. The van der Waals surface area contributed by atoms with Crippen LogP contribution in [-0.2, 0) is 19.9 Å². The highest BCUT2D eigenvalue weighted by Gasteiger charge is 2.45. The molecule has 1 aromatic heterocycles. The summed E-state index contributed by atoms with van der Waals surface area (Å²) in [6.07, 6.45) is -2.29. The molecule has 0 bridgehead atoms. The van der Waals surface area contributed by atoms with E-state index in [4.69, 9.17) is 18.9 Å². The molecule has 0 spiro atoms. The molecule has 0 saturated carbocycles. The third-order valence-corrected chi connectivity index (χ3v) is 8.91. The zero-order valence-corrected chi connectivity index (χ0v) is 28.2. The van der Waals surface area contributed by atoms with E-state index in [1.807, 2.05) is 84.8 Å². The van der Waals surface area contributed by atoms with Crippen LogP contribution in [0.5, 0.6) is 11.5 Å². The number of nitrogens with zero attached hydrogens (tertiary/aromatic N) is 4. The Labute approximate surface area is 290 Å². The van der Waals surface area contributed by atoms with Crippen LogP contribution in [0.3, 0.4) is 0 Å². The fourth-order valence-electron chi connectivity index (χ4n) is 6.28. The van der Waals surface area contributed by atoms with Crippen molar-refractivity contribution in [2.75, 3.05) is 42.5 Å². The van der Waals surface area contributed by atoms with E-state index in [2.05, 4.69) is 15.3 Å². The first-order valence-electron chi connectivity index (χ1n) is 16.2. The second kappa shape index (κ2) is 14.6. The fourth-order valence-corrected chi connectivity index (χ4v) is 6.28. The molecule has 3 aromatic carbocycles. The van der Waals surface area contributed by atoms with Crippen LogP contribution in [0.25, 0.3) is 0 Å². The zero-order chi connectivity index (χ0) is 35.4. The average molecular weight is 678 g/mol. The summed E-state index contributed by atoms with van der Waals surface area (Å²) >= 11 is 0. The quantitative estimate of drug-likeness (QED) is 0.149. The minimum atomic E-state index is -1.13. The average Bonchev–Trinajstić information content (AvgIpc) is 3.69. The molecular formula is C36H38BN6O7. The number of fused-ring (bicyclic) bond motifs is 1. The van der Waals surface area contributed by atoms with E-state index < -0.39 is 29.6 Å². The van der Waals surface area contributed by atoms with E-state index >= 15 is 0 Å². The van der Waals surface area contributed by atoms with Gasteiger partial charge in [-0.15, -0.1) is 0 Å². The molecule has 3 atom stereocenters. The number of nitriles is 1. The van der Waals surface area contributed by atoms with E-state index in [9.17, 15) is 20.0 Å². The van der Waals surface area contributed by atoms with Gasteiger partial charge < -0.3 is 33.8 Å². The van der Waals surface area contributed by atoms with Crippen molar-refractivity contribution in [2.24, 2.45) is 5.92 Å². The molecule has 14 heteroatoms. The first-order valence-corrected chi connectivity index (χ1v) is 16.2. The van der Waals surface area contributed by atoms with E-state index in [-0.39, 0.29) is 49.0 Å². The Bertz CT molecular complexity index is 1850. The molecule has 257 valence electrons. The fraction of sp³-hybridized carbons (Fsp3) is 0.333. The zero-order valence-electron chi connectivity index (χ0n) is 28.2. The second-order valence-corrected chi connectivity index (χ2v) is 12.3. The minimum absolute atomic E-state index is 0.0160. The lowest BCUT2D eigenvalue weighted by molar-refractivity contribution is -0.118. The lowest BCUT2D eigenvalue weighted by Gasteiger charge is -2.37. The summed E-state index contributed by atoms with van der Waals surface area (Å²) in [5.74, 6) is 2.87. The maximum absolute atomic E-state index is 13.2. The largest absolute Gasteiger partial charge is 0.497 e. The van der Waals surface area contributed by atoms with E-state index in [0.717, 1.165) is 16.7 Å². The van der Waals surface area contributed by atoms with Crippen molar-refractivity contribution in [3.63, 3.8) is 0 Å². The highest BCUT2D eigenvalue weighted by molar-refractivity contribution is 6.50. The number of aromatic amines is 1. The number of aliphatic hydroxyl groups is 1. The number of rotatable bonds is 12. The number of methoxy groups -OCH3 is 2. The summed E-state index contributed by atoms with van der Waals surface area (Å²) in [7, 11) is 4.43. The van der Waals surface area contributed by atoms with Gasteiger partial charge in [-0.1, -0.05) is 68.4 Å². The van der Waals surface area contributed by atoms with Gasteiger partial charge in [0.15, 0.2) is 5.82 Å². The highest BCUT2D eigenvalue weighted by atomic mass is 16.6. The molecule has 3 heterocycles. The van der Waals surface area contributed by atoms with Gasteiger partial charge >= 0.3 is 7.41 Å². The number of ether oxygens (including phenoxy) is 4. The van der Waals surface area contributed by atoms with Gasteiger partial charge in [-0.05, 0) is 41.0 Å². The van der Waals surface area contributed by atoms with Crippen LogP contribution >= 0.6 is 0 Å². The number of hydrogen-bond donors (Lipinski definition) is 3. The predicted octanol–water partition coefficient (Wildman–Crippen LogP) is 3.55. The molecule has 1 saturated heterocycles. The van der Waals surface area contributed by atoms with Gasteiger partial charge in [-0.25, -0.2) is 5.26 Å². The highest BCUT2D eigenvalue weighted by Crippen LogP contribution is 2.43. The van der Waals surface area contributed by atoms with E-state index in [1.54, 1.807) is 33.0 Å². The Morgan fingerprint density at radius 1 is 1.06 bits per heavy atom. The molecule has 0 aliphatic carbocycles. The van der Waals surface area contributed by atoms with Crippen molar-refractivity contribution in [3.05, 3.63) is 106 Å². The number of carbonyl (C=O) groups is 1. The lowest BCUT2D eigenvalue weighted by atomic mass is 9.80. The number of aromatic nitrogens is 2. The Hall–Kier alpha value is -5.36. The lowest BCUT2D eigenvalue weighted by Crippen LogP contribution is -2.41. The number of benzene rings is 3. The molecule has 13 nitrogen and oxygen atoms in total. The van der Waals surface area contributed by atoms with Crippen molar-refractivity contribution in [1.29, 1.82) is 5.26 Å². The van der Waals surface area contributed by atoms with Gasteiger partial charge in [0.2, 0.25) is 11.9 Å². The SMILES string of the molecule is COc1ccc(C(OC[C@H]2O[C@@H](N3CN([B]C#N)c4c3nc(NC(=O)C(C)C)[nH]c4=O)C[C@@H]2O)(c2ccccc2)c2ccc(OC)cc2)cc1. The Morgan fingerprint density at radius 2 is 1.66 bits per heavy atom. The van der Waals surface area contributed by atoms with Gasteiger partial charge in [0.25, 0.3) is 5.56 Å². The summed E-state index contributed by atoms with van der Waals surface area (Å²) in [4.78, 5) is 35.9. The van der Waals surface area contributed by atoms with Crippen molar-refractivity contribution >= 4 is 30.8 Å². The number of anilines is 3. The summed E-state index contributed by atoms with van der Waals surface area (Å²) in [6, 6.07) is 25.1. The summed E-state index contributed by atoms with van der Waals surface area (Å²) in [5, 5.41) is 23.5. The molecule has 0 unspecified atom stereocenters.